The van der Waals surface area contributed by atoms with E-state index in [1.807, 2.05) is 18.4 Å². The number of nitrogens with zero attached hydrogens (tertiary/aromatic N) is 2. The number of hydrogen-bond donors (Lipinski definition) is 2. The van der Waals surface area contributed by atoms with Gasteiger partial charge in [0.05, 0.1) is 23.1 Å². The van der Waals surface area contributed by atoms with Crippen LogP contribution in [0, 0.1) is 11.8 Å². The van der Waals surface area contributed by atoms with Crippen molar-refractivity contribution < 1.29 is 8.78 Å². The van der Waals surface area contributed by atoms with Crippen LogP contribution in [-0.4, -0.2) is 28.1 Å². The Hall–Kier alpha value is -2.59. The molecular weight excluding hydrogens is 438 g/mol. The molecular formula is C26H32F2N4S. The number of allylic oxidation sites excluding steroid dienone is 1. The Kier molecular flexibility index (Phi) is 8.36. The van der Waals surface area contributed by atoms with Gasteiger partial charge < -0.3 is 5.32 Å². The highest BCUT2D eigenvalue weighted by Gasteiger charge is 2.29. The maximum atomic E-state index is 13.4. The average Bonchev–Trinajstić information content (AvgIpc) is 3.26. The van der Waals surface area contributed by atoms with E-state index in [0.717, 1.165) is 46.3 Å². The van der Waals surface area contributed by atoms with Crippen LogP contribution in [0.1, 0.15) is 52.9 Å². The largest absolute Gasteiger partial charge is 0.353 e. The molecule has 0 radical (unpaired) electrons. The monoisotopic (exact) mass is 470 g/mol. The maximum Gasteiger partial charge on any atom is 0.287 e. The third-order valence-electron chi connectivity index (χ3n) is 6.01. The lowest BCUT2D eigenvalue weighted by molar-refractivity contribution is 0.102. The topological polar surface area (TPSA) is 53.1 Å². The van der Waals surface area contributed by atoms with E-state index in [1.54, 1.807) is 18.0 Å². The summed E-state index contributed by atoms with van der Waals surface area (Å²) < 4.78 is 26.8. The van der Waals surface area contributed by atoms with Crippen molar-refractivity contribution in [2.75, 3.05) is 11.6 Å². The van der Waals surface area contributed by atoms with Gasteiger partial charge in [-0.2, -0.15) is 13.9 Å². The second kappa shape index (κ2) is 11.0. The second-order valence-electron chi connectivity index (χ2n) is 8.90. The number of nitrogens with one attached hydrogen (secondary N) is 2. The van der Waals surface area contributed by atoms with Crippen LogP contribution in [0.4, 0.5) is 14.5 Å². The molecule has 2 aliphatic rings. The van der Waals surface area contributed by atoms with Crippen molar-refractivity contribution in [3.63, 3.8) is 0 Å². The quantitative estimate of drug-likeness (QED) is 0.335. The van der Waals surface area contributed by atoms with E-state index in [4.69, 9.17) is 0 Å². The number of fused-ring (bicyclic) bond motifs is 1. The zero-order valence-electron chi connectivity index (χ0n) is 19.8. The summed E-state index contributed by atoms with van der Waals surface area (Å²) in [6.07, 6.45) is 12.2. The van der Waals surface area contributed by atoms with E-state index in [9.17, 15) is 8.78 Å². The lowest BCUT2D eigenvalue weighted by Crippen LogP contribution is -2.23. The SMILES string of the molecule is C=C(Nc1cc2cn[nH]c2cc1SC)C1=C=C=CC(C(C)(F)F)=N1.CC(C)C1CCCCC1. The number of benzene rings is 1. The summed E-state index contributed by atoms with van der Waals surface area (Å²) in [5, 5.41) is 11.0. The number of aromatic nitrogens is 2. The van der Waals surface area contributed by atoms with Gasteiger partial charge in [0.15, 0.2) is 0 Å². The highest BCUT2D eigenvalue weighted by atomic mass is 32.2. The number of aromatic amines is 1. The predicted molar refractivity (Wildman–Crippen MR) is 135 cm³/mol. The fraction of sp³-hybridized carbons (Fsp3) is 0.462. The molecule has 176 valence electrons. The van der Waals surface area contributed by atoms with Crippen LogP contribution in [0.2, 0.25) is 0 Å². The van der Waals surface area contributed by atoms with Crippen molar-refractivity contribution in [2.24, 2.45) is 16.8 Å². The Morgan fingerprint density at radius 1 is 1.27 bits per heavy atom. The summed E-state index contributed by atoms with van der Waals surface area (Å²) in [6.45, 7) is 9.39. The molecule has 1 aromatic carbocycles. The fourth-order valence-electron chi connectivity index (χ4n) is 3.98. The van der Waals surface area contributed by atoms with Crippen molar-refractivity contribution in [3.05, 3.63) is 53.8 Å². The van der Waals surface area contributed by atoms with Crippen LogP contribution in [0.5, 0.6) is 0 Å². The van der Waals surface area contributed by atoms with Crippen LogP contribution in [0.25, 0.3) is 10.9 Å². The first-order valence-electron chi connectivity index (χ1n) is 11.3. The molecule has 2 N–H and O–H groups in total. The molecule has 2 aromatic rings. The molecule has 4 rings (SSSR count). The van der Waals surface area contributed by atoms with Crippen molar-refractivity contribution in [1.82, 2.24) is 10.2 Å². The Labute approximate surface area is 199 Å². The minimum absolute atomic E-state index is 0.202. The van der Waals surface area contributed by atoms with E-state index in [0.29, 0.717) is 5.70 Å². The molecule has 1 aromatic heterocycles. The van der Waals surface area contributed by atoms with Gasteiger partial charge in [0.1, 0.15) is 11.4 Å². The van der Waals surface area contributed by atoms with E-state index < -0.39 is 5.92 Å². The number of rotatable bonds is 6. The smallest absolute Gasteiger partial charge is 0.287 e. The maximum absolute atomic E-state index is 13.4. The molecule has 4 nitrogen and oxygen atoms in total. The van der Waals surface area contributed by atoms with Gasteiger partial charge in [-0.05, 0) is 36.0 Å². The lowest BCUT2D eigenvalue weighted by Gasteiger charge is -2.24. The highest BCUT2D eigenvalue weighted by Crippen LogP contribution is 2.32. The molecule has 1 aliphatic carbocycles. The van der Waals surface area contributed by atoms with Crippen LogP contribution < -0.4 is 5.32 Å². The van der Waals surface area contributed by atoms with Crippen molar-refractivity contribution in [2.45, 2.75) is 63.7 Å². The molecule has 0 spiro atoms. The summed E-state index contributed by atoms with van der Waals surface area (Å²) in [4.78, 5) is 4.89. The minimum Gasteiger partial charge on any atom is -0.353 e. The third-order valence-corrected chi connectivity index (χ3v) is 6.78. The van der Waals surface area contributed by atoms with Gasteiger partial charge in [-0.1, -0.05) is 58.3 Å². The molecule has 0 atom stereocenters. The van der Waals surface area contributed by atoms with Crippen LogP contribution in [0.15, 0.2) is 63.7 Å². The van der Waals surface area contributed by atoms with Gasteiger partial charge in [-0.3, -0.25) is 5.10 Å². The summed E-state index contributed by atoms with van der Waals surface area (Å²) in [7, 11) is 0. The first-order valence-corrected chi connectivity index (χ1v) is 12.6. The van der Waals surface area contributed by atoms with Gasteiger partial charge in [-0.25, -0.2) is 4.99 Å². The van der Waals surface area contributed by atoms with E-state index >= 15 is 0 Å². The van der Waals surface area contributed by atoms with Crippen molar-refractivity contribution in [3.8, 4) is 0 Å². The lowest BCUT2D eigenvalue weighted by atomic mass is 9.82. The number of anilines is 1. The summed E-state index contributed by atoms with van der Waals surface area (Å²) in [6, 6.07) is 3.88. The van der Waals surface area contributed by atoms with E-state index in [1.165, 1.54) is 32.1 Å². The number of aliphatic imine (C=N–C) groups is 1. The standard InChI is InChI=1S/C17H14F2N4S.C9H18/c1-10(12-5-4-6-16(22-12)17(2,18)19)21-14-7-11-9-20-23-13(11)8-15(14)24-3;1-8(2)9-6-4-3-5-7-9/h6-9,21H,1H2,2-3H3,(H,20,23);8-9H,3-7H2,1-2H3. The second-order valence-corrected chi connectivity index (χ2v) is 9.75. The molecule has 0 saturated heterocycles. The number of alkyl halides is 2. The van der Waals surface area contributed by atoms with Crippen LogP contribution in [0.3, 0.4) is 0 Å². The number of H-pyrrole nitrogens is 1. The van der Waals surface area contributed by atoms with Gasteiger partial charge in [0.2, 0.25) is 0 Å². The molecule has 1 fully saturated rings. The molecule has 1 saturated carbocycles. The molecule has 2 heterocycles. The van der Waals surface area contributed by atoms with Crippen molar-refractivity contribution in [1.29, 1.82) is 0 Å². The first-order chi connectivity index (χ1) is 15.7. The van der Waals surface area contributed by atoms with E-state index in [2.05, 4.69) is 52.4 Å². The van der Waals surface area contributed by atoms with Gasteiger partial charge in [0, 0.05) is 23.3 Å². The van der Waals surface area contributed by atoms with Gasteiger partial charge in [-0.15, -0.1) is 11.8 Å². The highest BCUT2D eigenvalue weighted by molar-refractivity contribution is 7.98. The summed E-state index contributed by atoms with van der Waals surface area (Å²) in [5.74, 6) is -1.05. The van der Waals surface area contributed by atoms with Crippen LogP contribution in [-0.2, 0) is 0 Å². The van der Waals surface area contributed by atoms with Gasteiger partial charge in [0.25, 0.3) is 5.92 Å². The number of halogens is 2. The number of thioether (sulfide) groups is 1. The van der Waals surface area contributed by atoms with Gasteiger partial charge >= 0.3 is 0 Å². The van der Waals surface area contributed by atoms with E-state index in [-0.39, 0.29) is 11.4 Å². The summed E-state index contributed by atoms with van der Waals surface area (Å²) >= 11 is 1.55. The third kappa shape index (κ3) is 6.70. The zero-order chi connectivity index (χ0) is 24.0. The predicted octanol–water partition coefficient (Wildman–Crippen LogP) is 7.74. The Morgan fingerprint density at radius 2 is 2.00 bits per heavy atom. The molecule has 33 heavy (non-hydrogen) atoms. The molecule has 0 bridgehead atoms. The average molecular weight is 471 g/mol. The normalized spacial score (nSPS) is 16.3. The molecule has 0 amide bonds. The zero-order valence-corrected chi connectivity index (χ0v) is 20.6. The minimum atomic E-state index is -3.04. The fourth-order valence-corrected chi connectivity index (χ4v) is 4.55. The molecule has 7 heteroatoms. The Morgan fingerprint density at radius 3 is 2.61 bits per heavy atom. The number of hydrogen-bond acceptors (Lipinski definition) is 4. The Bertz CT molecular complexity index is 1120. The molecule has 0 unspecified atom stereocenters. The molecule has 1 aliphatic heterocycles. The summed E-state index contributed by atoms with van der Waals surface area (Å²) in [5.41, 5.74) is 7.20. The van der Waals surface area contributed by atoms with Crippen LogP contribution >= 0.6 is 11.8 Å². The van der Waals surface area contributed by atoms with Crippen molar-refractivity contribution >= 4 is 34.1 Å². The Balaban J connectivity index is 0.000000286. The first kappa shape index (κ1) is 25.0.